The summed E-state index contributed by atoms with van der Waals surface area (Å²) in [5, 5.41) is 3.28. The van der Waals surface area contributed by atoms with Crippen LogP contribution in [0.5, 0.6) is 0 Å². The fraction of sp³-hybridized carbons (Fsp3) is 0. The van der Waals surface area contributed by atoms with Gasteiger partial charge in [-0.1, -0.05) is 0 Å². The Morgan fingerprint density at radius 3 is 2.89 bits per heavy atom. The van der Waals surface area contributed by atoms with Crippen LogP contribution in [-0.4, -0.2) is 6.21 Å². The molecule has 0 saturated heterocycles. The van der Waals surface area contributed by atoms with Gasteiger partial charge in [-0.3, -0.25) is 0 Å². The Labute approximate surface area is 60.7 Å². The predicted molar refractivity (Wildman–Crippen MR) is 38.2 cm³/mol. The molecule has 1 aromatic heterocycles. The minimum Gasteiger partial charge on any atom is -0.448 e. The van der Waals surface area contributed by atoms with Crippen LogP contribution < -0.4 is 5.84 Å². The Kier molecular flexibility index (Phi) is 1.89. The van der Waals surface area contributed by atoms with Crippen LogP contribution in [0, 0.1) is 0 Å². The van der Waals surface area contributed by atoms with Crippen molar-refractivity contribution in [3.8, 4) is 0 Å². The molecule has 0 unspecified atom stereocenters. The van der Waals surface area contributed by atoms with Gasteiger partial charge in [0.05, 0.1) is 6.21 Å². The summed E-state index contributed by atoms with van der Waals surface area (Å²) in [4.78, 5) is 0. The molecule has 0 radical (unpaired) electrons. The van der Waals surface area contributed by atoms with Crippen molar-refractivity contribution in [3.05, 3.63) is 22.6 Å². The summed E-state index contributed by atoms with van der Waals surface area (Å²) in [6, 6.07) is 3.54. The molecule has 9 heavy (non-hydrogen) atoms. The summed E-state index contributed by atoms with van der Waals surface area (Å²) >= 11 is 3.13. The number of halogens is 1. The highest BCUT2D eigenvalue weighted by molar-refractivity contribution is 9.10. The molecule has 0 fully saturated rings. The number of furan rings is 1. The van der Waals surface area contributed by atoms with Crippen molar-refractivity contribution in [3.63, 3.8) is 0 Å². The highest BCUT2D eigenvalue weighted by atomic mass is 79.9. The van der Waals surface area contributed by atoms with Crippen LogP contribution in [0.1, 0.15) is 5.76 Å². The average molecular weight is 189 g/mol. The first kappa shape index (κ1) is 6.35. The molecular weight excluding hydrogens is 184 g/mol. The maximum Gasteiger partial charge on any atom is 0.169 e. The van der Waals surface area contributed by atoms with E-state index in [2.05, 4.69) is 21.0 Å². The minimum absolute atomic E-state index is 0.643. The first-order valence-electron chi connectivity index (χ1n) is 2.31. The van der Waals surface area contributed by atoms with Gasteiger partial charge < -0.3 is 10.3 Å². The topological polar surface area (TPSA) is 51.5 Å². The third-order valence-corrected chi connectivity index (χ3v) is 1.22. The van der Waals surface area contributed by atoms with Crippen molar-refractivity contribution in [2.24, 2.45) is 10.9 Å². The van der Waals surface area contributed by atoms with E-state index in [1.165, 1.54) is 6.21 Å². The van der Waals surface area contributed by atoms with E-state index < -0.39 is 0 Å². The van der Waals surface area contributed by atoms with Gasteiger partial charge in [0, 0.05) is 0 Å². The van der Waals surface area contributed by atoms with Crippen molar-refractivity contribution in [1.82, 2.24) is 0 Å². The molecule has 1 aromatic rings. The van der Waals surface area contributed by atoms with Crippen LogP contribution in [0.3, 0.4) is 0 Å². The van der Waals surface area contributed by atoms with Crippen LogP contribution >= 0.6 is 15.9 Å². The molecule has 0 aliphatic rings. The highest BCUT2D eigenvalue weighted by Crippen LogP contribution is 2.11. The van der Waals surface area contributed by atoms with Gasteiger partial charge in [-0.25, -0.2) is 0 Å². The normalized spacial score (nSPS) is 10.8. The fourth-order valence-electron chi connectivity index (χ4n) is 0.471. The van der Waals surface area contributed by atoms with E-state index in [0.717, 1.165) is 0 Å². The predicted octanol–water partition coefficient (Wildman–Crippen LogP) is 1.33. The zero-order valence-corrected chi connectivity index (χ0v) is 6.13. The number of hydrogen-bond donors (Lipinski definition) is 1. The summed E-state index contributed by atoms with van der Waals surface area (Å²) in [6.45, 7) is 0. The van der Waals surface area contributed by atoms with E-state index in [-0.39, 0.29) is 0 Å². The summed E-state index contributed by atoms with van der Waals surface area (Å²) < 4.78 is 5.69. The summed E-state index contributed by atoms with van der Waals surface area (Å²) in [7, 11) is 0. The van der Waals surface area contributed by atoms with Crippen molar-refractivity contribution >= 4 is 22.1 Å². The summed E-state index contributed by atoms with van der Waals surface area (Å²) in [6.07, 6.45) is 1.44. The lowest BCUT2D eigenvalue weighted by Crippen LogP contribution is -1.81. The van der Waals surface area contributed by atoms with Crippen molar-refractivity contribution in [2.75, 3.05) is 0 Å². The second-order valence-electron chi connectivity index (χ2n) is 1.42. The third-order valence-electron chi connectivity index (χ3n) is 0.796. The number of rotatable bonds is 1. The molecule has 0 bridgehead atoms. The number of nitrogens with two attached hydrogens (primary N) is 1. The van der Waals surface area contributed by atoms with Crippen LogP contribution in [0.25, 0.3) is 0 Å². The van der Waals surface area contributed by atoms with Gasteiger partial charge in [0.15, 0.2) is 4.67 Å². The number of nitrogens with zero attached hydrogens (tertiary/aromatic N) is 1. The van der Waals surface area contributed by atoms with Gasteiger partial charge in [-0.2, -0.15) is 5.10 Å². The monoisotopic (exact) mass is 188 g/mol. The molecule has 0 saturated carbocycles. The van der Waals surface area contributed by atoms with Gasteiger partial charge in [0.25, 0.3) is 0 Å². The molecule has 0 spiro atoms. The van der Waals surface area contributed by atoms with Crippen molar-refractivity contribution in [2.45, 2.75) is 0 Å². The summed E-state index contributed by atoms with van der Waals surface area (Å²) in [5.41, 5.74) is 0. The molecule has 0 aliphatic heterocycles. The molecule has 0 aromatic carbocycles. The maximum absolute atomic E-state index is 5.01. The zero-order chi connectivity index (χ0) is 6.69. The van der Waals surface area contributed by atoms with E-state index in [1.54, 1.807) is 12.1 Å². The molecule has 1 rings (SSSR count). The average Bonchev–Trinajstić information content (AvgIpc) is 2.17. The smallest absolute Gasteiger partial charge is 0.169 e. The van der Waals surface area contributed by atoms with Crippen molar-refractivity contribution < 1.29 is 4.42 Å². The van der Waals surface area contributed by atoms with Gasteiger partial charge in [-0.05, 0) is 28.1 Å². The van der Waals surface area contributed by atoms with Crippen molar-refractivity contribution in [1.29, 1.82) is 0 Å². The van der Waals surface area contributed by atoms with Crippen LogP contribution in [-0.2, 0) is 0 Å². The van der Waals surface area contributed by atoms with E-state index in [1.807, 2.05) is 0 Å². The van der Waals surface area contributed by atoms with Gasteiger partial charge in [0.2, 0.25) is 0 Å². The summed E-state index contributed by atoms with van der Waals surface area (Å²) in [5.74, 6) is 5.51. The minimum atomic E-state index is 0.643. The first-order valence-corrected chi connectivity index (χ1v) is 3.11. The number of hydrogen-bond acceptors (Lipinski definition) is 3. The Bertz CT molecular complexity index is 218. The Balaban J connectivity index is 2.85. The molecular formula is C5H5BrN2O. The van der Waals surface area contributed by atoms with E-state index in [4.69, 9.17) is 10.3 Å². The van der Waals surface area contributed by atoms with Gasteiger partial charge >= 0.3 is 0 Å². The molecule has 0 aliphatic carbocycles. The number of hydrazone groups is 1. The van der Waals surface area contributed by atoms with Gasteiger partial charge in [0.1, 0.15) is 5.76 Å². The first-order chi connectivity index (χ1) is 4.33. The molecule has 4 heteroatoms. The second-order valence-corrected chi connectivity index (χ2v) is 2.20. The van der Waals surface area contributed by atoms with E-state index >= 15 is 0 Å². The third kappa shape index (κ3) is 1.57. The van der Waals surface area contributed by atoms with Crippen LogP contribution in [0.4, 0.5) is 0 Å². The molecule has 2 N–H and O–H groups in total. The maximum atomic E-state index is 5.01. The molecule has 0 amide bonds. The second kappa shape index (κ2) is 2.68. The Morgan fingerprint density at radius 1 is 1.67 bits per heavy atom. The lowest BCUT2D eigenvalue weighted by atomic mass is 10.5. The molecule has 0 atom stereocenters. The quantitative estimate of drug-likeness (QED) is 0.411. The largest absolute Gasteiger partial charge is 0.448 e. The lowest BCUT2D eigenvalue weighted by Gasteiger charge is -1.78. The molecule has 1 heterocycles. The SMILES string of the molecule is N/N=C/c1ccc(Br)o1. The lowest BCUT2D eigenvalue weighted by molar-refractivity contribution is 0.534. The van der Waals surface area contributed by atoms with E-state index in [0.29, 0.717) is 10.4 Å². The molecule has 48 valence electrons. The van der Waals surface area contributed by atoms with Crippen LogP contribution in [0.15, 0.2) is 26.3 Å². The standard InChI is InChI=1S/C5H5BrN2O/c6-5-2-1-4(9-5)3-8-7/h1-3H,7H2/b8-3+. The van der Waals surface area contributed by atoms with Crippen LogP contribution in [0.2, 0.25) is 0 Å². The zero-order valence-electron chi connectivity index (χ0n) is 4.54. The van der Waals surface area contributed by atoms with E-state index in [9.17, 15) is 0 Å². The molecule has 3 nitrogen and oxygen atoms in total. The highest BCUT2D eigenvalue weighted by Gasteiger charge is 1.92. The Hall–Kier alpha value is -0.770. The fourth-order valence-corrected chi connectivity index (χ4v) is 0.790. The van der Waals surface area contributed by atoms with Gasteiger partial charge in [-0.15, -0.1) is 0 Å². The Morgan fingerprint density at radius 2 is 2.44 bits per heavy atom.